The van der Waals surface area contributed by atoms with Crippen LogP contribution in [0.5, 0.6) is 11.5 Å². The number of carboxylic acids is 1. The molecule has 5 rings (SSSR count). The van der Waals surface area contributed by atoms with E-state index in [1.807, 2.05) is 30.9 Å². The highest BCUT2D eigenvalue weighted by Crippen LogP contribution is 2.31. The van der Waals surface area contributed by atoms with Crippen molar-refractivity contribution < 1.29 is 29.0 Å². The van der Waals surface area contributed by atoms with Crippen LogP contribution in [0.3, 0.4) is 0 Å². The van der Waals surface area contributed by atoms with Gasteiger partial charge in [-0.2, -0.15) is 0 Å². The number of methoxy groups -OCH3 is 1. The maximum absolute atomic E-state index is 12.2. The molecule has 15 nitrogen and oxygen atoms in total. The Bertz CT molecular complexity index is 1960. The van der Waals surface area contributed by atoms with Crippen LogP contribution in [0.15, 0.2) is 36.4 Å². The number of fused-ring (bicyclic) bond motifs is 2. The molecule has 4 aromatic rings. The number of hydrogen-bond acceptors (Lipinski definition) is 10. The second-order valence-electron chi connectivity index (χ2n) is 11.6. The molecule has 7 N–H and O–H groups in total. The molecule has 1 aliphatic rings. The van der Waals surface area contributed by atoms with Gasteiger partial charge in [-0.25, -0.2) is 14.8 Å². The van der Waals surface area contributed by atoms with E-state index >= 15 is 0 Å². The van der Waals surface area contributed by atoms with Gasteiger partial charge in [-0.3, -0.25) is 14.5 Å². The van der Waals surface area contributed by atoms with Gasteiger partial charge in [-0.1, -0.05) is 37.8 Å². The number of amides is 2. The molecular weight excluding hydrogens is 618 g/mol. The Morgan fingerprint density at radius 3 is 2.00 bits per heavy atom. The quantitative estimate of drug-likeness (QED) is 0.135. The first kappa shape index (κ1) is 33.6. The monoisotopic (exact) mass is 657 g/mol. The molecule has 0 spiro atoms. The highest BCUT2D eigenvalue weighted by molar-refractivity contribution is 5.99. The molecule has 252 valence electrons. The summed E-state index contributed by atoms with van der Waals surface area (Å²) in [6, 6.07) is 5.98. The topological polar surface area (TPSA) is 210 Å². The van der Waals surface area contributed by atoms with Gasteiger partial charge in [0, 0.05) is 50.7 Å². The standard InChI is InChI=1S/C33H39N9O6/c1-20(2)30(44)40-13-11-39(12-14-40)8-6-7-15-48-26-18-21(29(34)43)16-23-28(26)42(33(36)37-23)10-5-4-9-41-27-24(38-32(41)35)17-22(31(45)46)19-25(27)47-3/h4-5,16-20H,8-15H2,1-3H3,(H2,34,43)(H2,35,38)(H2,36,37)(H,45,46)/b5-4+. The SMILES string of the molecule is COc1cc(C(=O)O)cc2nc(N)n(C/C=C/Cn3c(N)nc4cc(C(N)=O)cc(OCC#CCN5CCN(C(=O)C(C)C)CC5)c43)c12. The number of aromatic nitrogens is 4. The summed E-state index contributed by atoms with van der Waals surface area (Å²) in [5, 5.41) is 9.42. The third kappa shape index (κ3) is 7.13. The van der Waals surface area contributed by atoms with Crippen LogP contribution in [-0.2, 0) is 17.9 Å². The lowest BCUT2D eigenvalue weighted by molar-refractivity contribution is -0.136. The van der Waals surface area contributed by atoms with Crippen LogP contribution in [0, 0.1) is 17.8 Å². The lowest BCUT2D eigenvalue weighted by Crippen LogP contribution is -2.49. The Hall–Kier alpha value is -5.75. The molecule has 0 unspecified atom stereocenters. The largest absolute Gasteiger partial charge is 0.494 e. The second-order valence-corrected chi connectivity index (χ2v) is 11.6. The number of ether oxygens (including phenoxy) is 2. The number of imidazole rings is 2. The van der Waals surface area contributed by atoms with Crippen LogP contribution in [0.1, 0.15) is 34.6 Å². The Kier molecular flexibility index (Phi) is 10.0. The van der Waals surface area contributed by atoms with Crippen molar-refractivity contribution in [2.24, 2.45) is 11.7 Å². The molecule has 15 heteroatoms. The number of carboxylic acid groups (broad SMARTS) is 1. The minimum atomic E-state index is -1.10. The minimum absolute atomic E-state index is 0.0139. The molecule has 1 fully saturated rings. The summed E-state index contributed by atoms with van der Waals surface area (Å²) < 4.78 is 14.9. The van der Waals surface area contributed by atoms with Crippen molar-refractivity contribution in [1.29, 1.82) is 0 Å². The summed E-state index contributed by atoms with van der Waals surface area (Å²) in [5.41, 5.74) is 20.3. The smallest absolute Gasteiger partial charge is 0.335 e. The fraction of sp³-hybridized carbons (Fsp3) is 0.364. The summed E-state index contributed by atoms with van der Waals surface area (Å²) in [6.07, 6.45) is 3.72. The number of anilines is 2. The van der Waals surface area contributed by atoms with Crippen molar-refractivity contribution in [3.05, 3.63) is 47.5 Å². The Labute approximate surface area is 276 Å². The number of hydrogen-bond donors (Lipinski definition) is 4. The van der Waals surface area contributed by atoms with Gasteiger partial charge in [0.25, 0.3) is 0 Å². The van der Waals surface area contributed by atoms with Crippen molar-refractivity contribution in [3.8, 4) is 23.3 Å². The van der Waals surface area contributed by atoms with Gasteiger partial charge >= 0.3 is 5.97 Å². The number of primary amides is 1. The zero-order valence-corrected chi connectivity index (χ0v) is 27.1. The van der Waals surface area contributed by atoms with Gasteiger partial charge in [-0.15, -0.1) is 0 Å². The maximum atomic E-state index is 12.2. The van der Waals surface area contributed by atoms with Crippen LogP contribution in [-0.4, -0.2) is 98.2 Å². The lowest BCUT2D eigenvalue weighted by atomic mass is 10.1. The molecule has 0 aliphatic carbocycles. The second kappa shape index (κ2) is 14.3. The summed E-state index contributed by atoms with van der Waals surface area (Å²) in [6.45, 7) is 7.91. The molecule has 48 heavy (non-hydrogen) atoms. The molecule has 1 aliphatic heterocycles. The number of nitrogen functional groups attached to an aromatic ring is 2. The Morgan fingerprint density at radius 1 is 0.896 bits per heavy atom. The number of aromatic carboxylic acids is 1. The van der Waals surface area contributed by atoms with E-state index in [1.54, 1.807) is 21.3 Å². The van der Waals surface area contributed by atoms with Crippen molar-refractivity contribution in [2.45, 2.75) is 26.9 Å². The fourth-order valence-corrected chi connectivity index (χ4v) is 5.58. The minimum Gasteiger partial charge on any atom is -0.494 e. The third-order valence-electron chi connectivity index (χ3n) is 8.07. The van der Waals surface area contributed by atoms with Crippen LogP contribution < -0.4 is 26.7 Å². The third-order valence-corrected chi connectivity index (χ3v) is 8.07. The number of rotatable bonds is 11. The van der Waals surface area contributed by atoms with E-state index in [2.05, 4.69) is 26.7 Å². The van der Waals surface area contributed by atoms with Gasteiger partial charge < -0.3 is 45.8 Å². The van der Waals surface area contributed by atoms with E-state index in [0.29, 0.717) is 66.3 Å². The van der Waals surface area contributed by atoms with Crippen molar-refractivity contribution in [3.63, 3.8) is 0 Å². The maximum Gasteiger partial charge on any atom is 0.335 e. The van der Waals surface area contributed by atoms with Crippen molar-refractivity contribution in [1.82, 2.24) is 28.9 Å². The van der Waals surface area contributed by atoms with Crippen LogP contribution in [0.2, 0.25) is 0 Å². The zero-order valence-electron chi connectivity index (χ0n) is 27.1. The molecular formula is C33H39N9O6. The molecule has 0 atom stereocenters. The predicted molar refractivity (Wildman–Crippen MR) is 181 cm³/mol. The highest BCUT2D eigenvalue weighted by atomic mass is 16.5. The number of allylic oxidation sites excluding steroid dienone is 2. The van der Waals surface area contributed by atoms with Gasteiger partial charge in [0.05, 0.1) is 30.3 Å². The predicted octanol–water partition coefficient (Wildman–Crippen LogP) is 1.79. The van der Waals surface area contributed by atoms with Gasteiger partial charge in [-0.05, 0) is 24.3 Å². The van der Waals surface area contributed by atoms with E-state index in [-0.39, 0.29) is 41.5 Å². The summed E-state index contributed by atoms with van der Waals surface area (Å²) >= 11 is 0. The van der Waals surface area contributed by atoms with E-state index in [4.69, 9.17) is 26.7 Å². The number of nitrogens with zero attached hydrogens (tertiary/aromatic N) is 6. The molecule has 0 bridgehead atoms. The van der Waals surface area contributed by atoms with E-state index in [0.717, 1.165) is 13.1 Å². The molecule has 2 aromatic heterocycles. The number of carbonyl (C=O) groups excluding carboxylic acids is 2. The summed E-state index contributed by atoms with van der Waals surface area (Å²) in [5.74, 6) is 5.68. The van der Waals surface area contributed by atoms with E-state index < -0.39 is 11.9 Å². The first-order valence-electron chi connectivity index (χ1n) is 15.4. The average molecular weight is 658 g/mol. The summed E-state index contributed by atoms with van der Waals surface area (Å²) in [4.78, 5) is 48.6. The average Bonchev–Trinajstić information content (AvgIpc) is 3.56. The molecule has 0 radical (unpaired) electrons. The van der Waals surface area contributed by atoms with Crippen molar-refractivity contribution in [2.75, 3.05) is 57.9 Å². The molecule has 1 saturated heterocycles. The van der Waals surface area contributed by atoms with Gasteiger partial charge in [0.2, 0.25) is 23.7 Å². The van der Waals surface area contributed by atoms with Crippen LogP contribution in [0.25, 0.3) is 22.1 Å². The van der Waals surface area contributed by atoms with Crippen LogP contribution in [0.4, 0.5) is 11.9 Å². The number of piperazine rings is 1. The number of nitrogens with two attached hydrogens (primary N) is 3. The molecule has 2 amide bonds. The van der Waals surface area contributed by atoms with Crippen LogP contribution >= 0.6 is 0 Å². The van der Waals surface area contributed by atoms with Gasteiger partial charge in [0.1, 0.15) is 29.1 Å². The highest BCUT2D eigenvalue weighted by Gasteiger charge is 2.22. The normalized spacial score (nSPS) is 13.7. The molecule has 2 aromatic carbocycles. The first-order valence-corrected chi connectivity index (χ1v) is 15.4. The number of benzene rings is 2. The lowest BCUT2D eigenvalue weighted by Gasteiger charge is -2.34. The molecule has 0 saturated carbocycles. The fourth-order valence-electron chi connectivity index (χ4n) is 5.58. The van der Waals surface area contributed by atoms with E-state index in [9.17, 15) is 19.5 Å². The Morgan fingerprint density at radius 2 is 1.46 bits per heavy atom. The van der Waals surface area contributed by atoms with Crippen molar-refractivity contribution >= 4 is 51.7 Å². The summed E-state index contributed by atoms with van der Waals surface area (Å²) in [7, 11) is 1.45. The molecule has 3 heterocycles. The zero-order chi connectivity index (χ0) is 34.5. The van der Waals surface area contributed by atoms with Gasteiger partial charge in [0.15, 0.2) is 0 Å². The van der Waals surface area contributed by atoms with E-state index in [1.165, 1.54) is 19.2 Å². The Balaban J connectivity index is 1.29. The number of carbonyl (C=O) groups is 3. The first-order chi connectivity index (χ1) is 23.0.